The topological polar surface area (TPSA) is 0 Å². The molecule has 0 nitrogen and oxygen atoms in total. The molecule has 0 unspecified atom stereocenters. The van der Waals surface area contributed by atoms with Crippen LogP contribution in [0, 0.1) is 0 Å². The van der Waals surface area contributed by atoms with Crippen molar-refractivity contribution in [3.63, 3.8) is 0 Å². The van der Waals surface area contributed by atoms with E-state index in [2.05, 4.69) is 57.3 Å². The van der Waals surface area contributed by atoms with Crippen molar-refractivity contribution >= 4 is 60.7 Å². The second-order valence-corrected chi connectivity index (χ2v) is 30.1. The van der Waals surface area contributed by atoms with Crippen LogP contribution in [-0.2, 0) is 0 Å². The molecular formula is C12H32Sn3. The van der Waals surface area contributed by atoms with E-state index in [-0.39, 0.29) is 21.1 Å². The zero-order chi connectivity index (χ0) is 13.0. The summed E-state index contributed by atoms with van der Waals surface area (Å²) in [5.74, 6) is 0. The van der Waals surface area contributed by atoms with E-state index in [4.69, 9.17) is 0 Å². The van der Waals surface area contributed by atoms with Crippen LogP contribution >= 0.6 is 0 Å². The predicted octanol–water partition coefficient (Wildman–Crippen LogP) is 5.09. The third-order valence-electron chi connectivity index (χ3n) is 0.667. The van der Waals surface area contributed by atoms with E-state index >= 15 is 0 Å². The van der Waals surface area contributed by atoms with Gasteiger partial charge in [0.25, 0.3) is 0 Å². The van der Waals surface area contributed by atoms with E-state index in [0.29, 0.717) is 0 Å². The first-order chi connectivity index (χ1) is 6.59. The molecule has 0 rings (SSSR count). The predicted molar refractivity (Wildman–Crippen MR) is 82.6 cm³/mol. The molecule has 0 aromatic carbocycles. The third kappa shape index (κ3) is 83.1. The average Bonchev–Trinajstić information content (AvgIpc) is 1.78. The maximum absolute atomic E-state index is 2.36. The van der Waals surface area contributed by atoms with Crippen LogP contribution in [0.2, 0.25) is 37.5 Å². The Balaban J connectivity index is -0.000000155. The van der Waals surface area contributed by atoms with Crippen molar-refractivity contribution in [1.82, 2.24) is 0 Å². The van der Waals surface area contributed by atoms with E-state index in [1.165, 1.54) is 0 Å². The first kappa shape index (κ1) is 22.6. The first-order valence-corrected chi connectivity index (χ1v) is 26.3. The van der Waals surface area contributed by atoms with Crippen molar-refractivity contribution in [3.05, 3.63) is 0 Å². The molecule has 0 spiro atoms. The van der Waals surface area contributed by atoms with Crippen molar-refractivity contribution in [1.29, 1.82) is 0 Å². The van der Waals surface area contributed by atoms with Gasteiger partial charge in [0.2, 0.25) is 0 Å². The summed E-state index contributed by atoms with van der Waals surface area (Å²) >= 11 is -1.05. The van der Waals surface area contributed by atoms with Crippen LogP contribution in [0.15, 0.2) is 0 Å². The Morgan fingerprint density at radius 2 is 0.733 bits per heavy atom. The van der Waals surface area contributed by atoms with Gasteiger partial charge in [-0.25, -0.2) is 0 Å². The summed E-state index contributed by atoms with van der Waals surface area (Å²) in [6, 6.07) is 0. The number of rotatable bonds is 2. The monoisotopic (exact) mass is 536 g/mol. The van der Waals surface area contributed by atoms with Crippen LogP contribution in [-0.4, -0.2) is 60.7 Å². The molecule has 92 valence electrons. The van der Waals surface area contributed by atoms with E-state index < -0.39 is 39.5 Å². The Bertz CT molecular complexity index is 81.5. The fourth-order valence-corrected chi connectivity index (χ4v) is 4.47. The summed E-state index contributed by atoms with van der Waals surface area (Å²) in [5.41, 5.74) is 0. The Kier molecular flexibility index (Phi) is 24.7. The molecule has 0 N–H and O–H groups in total. The standard InChI is InChI=1S/2C3H7.6CH3.3Sn/c2*1-3-2;;;;;;;;;/h2*3H,1-2H3;6*1H3;;;. The van der Waals surface area contributed by atoms with Gasteiger partial charge in [-0.05, 0) is 0 Å². The van der Waals surface area contributed by atoms with Gasteiger partial charge in [0, 0.05) is 0 Å². The molecule has 0 heterocycles. The molecule has 0 atom stereocenters. The molecule has 0 saturated heterocycles. The van der Waals surface area contributed by atoms with Crippen LogP contribution in [0.3, 0.4) is 0 Å². The Morgan fingerprint density at radius 3 is 0.733 bits per heavy atom. The van der Waals surface area contributed by atoms with Gasteiger partial charge in [-0.2, -0.15) is 0 Å². The fraction of sp³-hybridized carbons (Fsp3) is 1.00. The maximum atomic E-state index is 2.36. The van der Waals surface area contributed by atoms with Crippen LogP contribution in [0.25, 0.3) is 0 Å². The number of hydrogen-bond acceptors (Lipinski definition) is 0. The van der Waals surface area contributed by atoms with Crippen LogP contribution in [0.4, 0.5) is 0 Å². The van der Waals surface area contributed by atoms with E-state index in [9.17, 15) is 0 Å². The van der Waals surface area contributed by atoms with Gasteiger partial charge in [0.15, 0.2) is 0 Å². The van der Waals surface area contributed by atoms with Crippen molar-refractivity contribution in [3.8, 4) is 0 Å². The minimum atomic E-state index is -0.543. The summed E-state index contributed by atoms with van der Waals surface area (Å²) in [6.07, 6.45) is 0. The molecule has 3 heteroatoms. The van der Waals surface area contributed by atoms with Crippen LogP contribution in [0.1, 0.15) is 27.7 Å². The molecule has 15 heavy (non-hydrogen) atoms. The zero-order valence-corrected chi connectivity index (χ0v) is 21.2. The van der Waals surface area contributed by atoms with E-state index in [0.717, 1.165) is 7.87 Å². The molecule has 0 bridgehead atoms. The summed E-state index contributed by atoms with van der Waals surface area (Å²) in [7, 11) is 0. The molecule has 0 saturated carbocycles. The van der Waals surface area contributed by atoms with Gasteiger partial charge in [0.05, 0.1) is 0 Å². The van der Waals surface area contributed by atoms with Crippen molar-refractivity contribution in [2.45, 2.75) is 65.2 Å². The molecule has 0 aliphatic heterocycles. The Hall–Kier alpha value is 2.40. The normalized spacial score (nSPS) is 10.0. The van der Waals surface area contributed by atoms with Crippen molar-refractivity contribution < 1.29 is 0 Å². The van der Waals surface area contributed by atoms with Crippen molar-refractivity contribution in [2.75, 3.05) is 0 Å². The number of hydrogen-bond donors (Lipinski definition) is 0. The summed E-state index contributed by atoms with van der Waals surface area (Å²) in [4.78, 5) is 14.2. The SMILES string of the molecule is C[CH](C)[Sn][CH](C)C.[CH3][Sn]([CH3])[CH3].[CH3][Sn]([CH3])[CH3]. The average molecular weight is 533 g/mol. The molecule has 4 radical (unpaired) electrons. The van der Waals surface area contributed by atoms with E-state index in [1.807, 2.05) is 0 Å². The zero-order valence-electron chi connectivity index (χ0n) is 12.7. The first-order valence-electron chi connectivity index (χ1n) is 5.89. The molecule has 0 fully saturated rings. The summed E-state index contributed by atoms with van der Waals surface area (Å²) in [6.45, 7) is 9.36. The summed E-state index contributed by atoms with van der Waals surface area (Å²) in [5, 5.41) is 0. The molecule has 0 aromatic heterocycles. The van der Waals surface area contributed by atoms with Crippen LogP contribution in [0.5, 0.6) is 0 Å². The molecule has 0 aliphatic rings. The Morgan fingerprint density at radius 1 is 0.600 bits per heavy atom. The third-order valence-corrected chi connectivity index (χ3v) is 4.47. The van der Waals surface area contributed by atoms with Gasteiger partial charge in [-0.3, -0.25) is 0 Å². The summed E-state index contributed by atoms with van der Waals surface area (Å²) < 4.78 is 2.09. The van der Waals surface area contributed by atoms with Gasteiger partial charge < -0.3 is 0 Å². The van der Waals surface area contributed by atoms with Gasteiger partial charge >= 0.3 is 126 Å². The van der Waals surface area contributed by atoms with Crippen LogP contribution < -0.4 is 0 Å². The van der Waals surface area contributed by atoms with Gasteiger partial charge in [-0.1, -0.05) is 0 Å². The van der Waals surface area contributed by atoms with Crippen molar-refractivity contribution in [2.24, 2.45) is 0 Å². The van der Waals surface area contributed by atoms with Gasteiger partial charge in [-0.15, -0.1) is 0 Å². The molecule has 0 amide bonds. The van der Waals surface area contributed by atoms with E-state index in [1.54, 1.807) is 0 Å². The fourth-order valence-electron chi connectivity index (χ4n) is 0.667. The second-order valence-electron chi connectivity index (χ2n) is 5.48. The minimum absolute atomic E-state index is 0.0389. The molecule has 0 aromatic rings. The second kappa shape index (κ2) is 16.4. The Labute approximate surface area is 124 Å². The molecule has 0 aliphatic carbocycles. The quantitative estimate of drug-likeness (QED) is 0.435. The van der Waals surface area contributed by atoms with Gasteiger partial charge in [0.1, 0.15) is 0 Å². The molecular weight excluding hydrogens is 500 g/mol.